The van der Waals surface area contributed by atoms with Crippen LogP contribution in [0.5, 0.6) is 0 Å². The van der Waals surface area contributed by atoms with Crippen molar-refractivity contribution in [3.8, 4) is 0 Å². The highest BCUT2D eigenvalue weighted by Crippen LogP contribution is 2.28. The molecular weight excluding hydrogens is 457 g/mol. The molecule has 7 nitrogen and oxygen atoms in total. The molecule has 0 aromatic heterocycles. The van der Waals surface area contributed by atoms with Crippen LogP contribution in [0.25, 0.3) is 0 Å². The average molecular weight is 494 g/mol. The Labute approximate surface area is 202 Å². The van der Waals surface area contributed by atoms with Crippen LogP contribution in [0.3, 0.4) is 0 Å². The molecule has 188 valence electrons. The first-order valence-electron chi connectivity index (χ1n) is 12.6. The van der Waals surface area contributed by atoms with E-state index in [1.165, 1.54) is 12.1 Å². The third-order valence-electron chi connectivity index (χ3n) is 7.75. The fourth-order valence-corrected chi connectivity index (χ4v) is 6.61. The van der Waals surface area contributed by atoms with Gasteiger partial charge in [-0.3, -0.25) is 4.79 Å². The molecule has 34 heavy (non-hydrogen) atoms. The molecule has 2 aliphatic heterocycles. The van der Waals surface area contributed by atoms with Crippen molar-refractivity contribution in [3.05, 3.63) is 35.6 Å². The second kappa shape index (κ2) is 11.2. The molecule has 9 heteroatoms. The predicted molar refractivity (Wildman–Crippen MR) is 129 cm³/mol. The fourth-order valence-electron chi connectivity index (χ4n) is 5.41. The zero-order valence-electron chi connectivity index (χ0n) is 19.8. The molecule has 4 rings (SSSR count). The smallest absolute Gasteiger partial charge is 0.317 e. The normalized spacial score (nSPS) is 26.2. The number of likely N-dealkylation sites (tertiary alicyclic amines) is 1. The van der Waals surface area contributed by atoms with E-state index in [1.807, 2.05) is 0 Å². The van der Waals surface area contributed by atoms with Crippen LogP contribution in [-0.4, -0.2) is 80.3 Å². The van der Waals surface area contributed by atoms with Crippen molar-refractivity contribution < 1.29 is 22.4 Å². The molecule has 3 aliphatic rings. The van der Waals surface area contributed by atoms with Crippen molar-refractivity contribution in [2.75, 3.05) is 44.2 Å². The lowest BCUT2D eigenvalue weighted by Crippen LogP contribution is -2.51. The third-order valence-corrected chi connectivity index (χ3v) is 9.36. The van der Waals surface area contributed by atoms with E-state index in [2.05, 4.69) is 10.2 Å². The second-order valence-electron chi connectivity index (χ2n) is 10.1. The Kier molecular flexibility index (Phi) is 8.24. The summed E-state index contributed by atoms with van der Waals surface area (Å²) in [7, 11) is -2.98. The molecule has 2 amide bonds. The number of ketones is 1. The Morgan fingerprint density at radius 2 is 1.53 bits per heavy atom. The van der Waals surface area contributed by atoms with Gasteiger partial charge in [-0.15, -0.1) is 0 Å². The molecule has 2 heterocycles. The standard InChI is InChI=1S/C25H36FN3O4S/c26-22-5-3-20(4-6-22)24(30)21-10-13-28(14-11-21)12-9-19-1-7-23(8-2-19)27-25(31)29-15-17-34(32,33)18-16-29/h3-6,19,21,23H,1-2,7-18H2,(H,27,31). The number of benzene rings is 1. The minimum absolute atomic E-state index is 0.0285. The second-order valence-corrected chi connectivity index (χ2v) is 12.4. The molecule has 1 aliphatic carbocycles. The predicted octanol–water partition coefficient (Wildman–Crippen LogP) is 3.11. The van der Waals surface area contributed by atoms with Crippen LogP contribution in [0.4, 0.5) is 9.18 Å². The van der Waals surface area contributed by atoms with Crippen LogP contribution in [0.15, 0.2) is 24.3 Å². The average Bonchev–Trinajstić information content (AvgIpc) is 2.84. The minimum atomic E-state index is -2.98. The van der Waals surface area contributed by atoms with Crippen molar-refractivity contribution in [2.24, 2.45) is 11.8 Å². The maximum absolute atomic E-state index is 13.1. The zero-order valence-corrected chi connectivity index (χ0v) is 20.6. The quantitative estimate of drug-likeness (QED) is 0.616. The first-order valence-corrected chi connectivity index (χ1v) is 14.4. The van der Waals surface area contributed by atoms with Crippen LogP contribution in [-0.2, 0) is 9.84 Å². The Morgan fingerprint density at radius 3 is 2.15 bits per heavy atom. The number of hydrogen-bond acceptors (Lipinski definition) is 5. The van der Waals surface area contributed by atoms with Gasteiger partial charge in [0.1, 0.15) is 5.82 Å². The first-order chi connectivity index (χ1) is 16.3. The Hall–Kier alpha value is -2.00. The molecule has 1 saturated carbocycles. The van der Waals surface area contributed by atoms with E-state index in [-0.39, 0.29) is 54.2 Å². The van der Waals surface area contributed by atoms with Crippen molar-refractivity contribution in [1.82, 2.24) is 15.1 Å². The van der Waals surface area contributed by atoms with E-state index in [1.54, 1.807) is 17.0 Å². The van der Waals surface area contributed by atoms with Gasteiger partial charge >= 0.3 is 6.03 Å². The van der Waals surface area contributed by atoms with Gasteiger partial charge in [-0.1, -0.05) is 0 Å². The summed E-state index contributed by atoms with van der Waals surface area (Å²) in [5.41, 5.74) is 0.606. The number of halogens is 1. The lowest BCUT2D eigenvalue weighted by atomic mass is 9.83. The maximum Gasteiger partial charge on any atom is 0.317 e. The molecule has 0 unspecified atom stereocenters. The number of sulfone groups is 1. The summed E-state index contributed by atoms with van der Waals surface area (Å²) < 4.78 is 36.2. The highest BCUT2D eigenvalue weighted by molar-refractivity contribution is 7.91. The van der Waals surface area contributed by atoms with E-state index in [9.17, 15) is 22.4 Å². The molecular formula is C25H36FN3O4S. The Balaban J connectivity index is 1.11. The van der Waals surface area contributed by atoms with Gasteiger partial charge in [0.15, 0.2) is 15.6 Å². The van der Waals surface area contributed by atoms with E-state index in [0.29, 0.717) is 11.5 Å². The van der Waals surface area contributed by atoms with E-state index in [0.717, 1.165) is 64.6 Å². The molecule has 0 radical (unpaired) electrons. The maximum atomic E-state index is 13.1. The van der Waals surface area contributed by atoms with Crippen LogP contribution >= 0.6 is 0 Å². The topological polar surface area (TPSA) is 86.8 Å². The summed E-state index contributed by atoms with van der Waals surface area (Å²) >= 11 is 0. The fraction of sp³-hybridized carbons (Fsp3) is 0.680. The number of amides is 2. The SMILES string of the molecule is O=C(c1ccc(F)cc1)C1CCN(CCC2CCC(NC(=O)N3CCS(=O)(=O)CC3)CC2)CC1. The van der Waals surface area contributed by atoms with Gasteiger partial charge in [-0.25, -0.2) is 17.6 Å². The molecule has 1 aromatic carbocycles. The summed E-state index contributed by atoms with van der Waals surface area (Å²) in [5.74, 6) is 0.622. The van der Waals surface area contributed by atoms with Crippen LogP contribution in [0.2, 0.25) is 0 Å². The van der Waals surface area contributed by atoms with Gasteiger partial charge in [0.2, 0.25) is 0 Å². The van der Waals surface area contributed by atoms with Crippen LogP contribution in [0.1, 0.15) is 55.3 Å². The zero-order chi connectivity index (χ0) is 24.1. The summed E-state index contributed by atoms with van der Waals surface area (Å²) in [6.07, 6.45) is 6.98. The Bertz CT molecular complexity index is 939. The molecule has 0 spiro atoms. The molecule has 0 atom stereocenters. The summed E-state index contributed by atoms with van der Waals surface area (Å²) in [6, 6.07) is 5.91. The number of piperidine rings is 1. The largest absolute Gasteiger partial charge is 0.335 e. The molecule has 1 N–H and O–H groups in total. The molecule has 0 bridgehead atoms. The highest BCUT2D eigenvalue weighted by Gasteiger charge is 2.29. The van der Waals surface area contributed by atoms with E-state index < -0.39 is 9.84 Å². The van der Waals surface area contributed by atoms with Crippen molar-refractivity contribution in [3.63, 3.8) is 0 Å². The minimum Gasteiger partial charge on any atom is -0.335 e. The van der Waals surface area contributed by atoms with Gasteiger partial charge in [0.05, 0.1) is 11.5 Å². The van der Waals surface area contributed by atoms with Gasteiger partial charge in [0.25, 0.3) is 0 Å². The van der Waals surface area contributed by atoms with Gasteiger partial charge < -0.3 is 15.1 Å². The monoisotopic (exact) mass is 493 g/mol. The summed E-state index contributed by atoms with van der Waals surface area (Å²) in [5, 5.41) is 3.10. The number of Topliss-reactive ketones (excluding diaryl/α,β-unsaturated/α-hetero) is 1. The van der Waals surface area contributed by atoms with Crippen molar-refractivity contribution in [2.45, 2.75) is 51.0 Å². The number of rotatable bonds is 6. The number of nitrogens with zero attached hydrogens (tertiary/aromatic N) is 2. The van der Waals surface area contributed by atoms with Gasteiger partial charge in [-0.2, -0.15) is 0 Å². The molecule has 3 fully saturated rings. The van der Waals surface area contributed by atoms with Gasteiger partial charge in [-0.05, 0) is 94.8 Å². The number of carbonyl (C=O) groups excluding carboxylic acids is 2. The van der Waals surface area contributed by atoms with Crippen LogP contribution in [0, 0.1) is 17.7 Å². The number of urea groups is 1. The summed E-state index contributed by atoms with van der Waals surface area (Å²) in [6.45, 7) is 3.47. The van der Waals surface area contributed by atoms with E-state index >= 15 is 0 Å². The van der Waals surface area contributed by atoms with Gasteiger partial charge in [0, 0.05) is 30.6 Å². The molecule has 2 saturated heterocycles. The number of hydrogen-bond donors (Lipinski definition) is 1. The third kappa shape index (κ3) is 6.78. The number of nitrogens with one attached hydrogen (secondary N) is 1. The molecule has 1 aromatic rings. The highest BCUT2D eigenvalue weighted by atomic mass is 32.2. The van der Waals surface area contributed by atoms with Crippen LogP contribution < -0.4 is 5.32 Å². The Morgan fingerprint density at radius 1 is 0.912 bits per heavy atom. The number of carbonyl (C=O) groups is 2. The first kappa shape index (κ1) is 25.1. The lowest BCUT2D eigenvalue weighted by Gasteiger charge is -2.35. The van der Waals surface area contributed by atoms with Crippen molar-refractivity contribution >= 4 is 21.7 Å². The summed E-state index contributed by atoms with van der Waals surface area (Å²) in [4.78, 5) is 29.2. The van der Waals surface area contributed by atoms with Crippen molar-refractivity contribution in [1.29, 1.82) is 0 Å². The van der Waals surface area contributed by atoms with E-state index in [4.69, 9.17) is 0 Å². The lowest BCUT2D eigenvalue weighted by molar-refractivity contribution is 0.0832.